The van der Waals surface area contributed by atoms with Crippen molar-refractivity contribution >= 4 is 0 Å². The van der Waals surface area contributed by atoms with Crippen molar-refractivity contribution in [3.63, 3.8) is 0 Å². The number of benzene rings is 3. The molecule has 0 aromatic heterocycles. The van der Waals surface area contributed by atoms with E-state index in [0.717, 1.165) is 0 Å². The molecule has 3 aromatic rings. The van der Waals surface area contributed by atoms with Crippen LogP contribution in [0.15, 0.2) is 67.3 Å². The second-order valence-electron chi connectivity index (χ2n) is 6.41. The van der Waals surface area contributed by atoms with Gasteiger partial charge in [0, 0.05) is 5.56 Å². The first-order valence-corrected chi connectivity index (χ1v) is 9.15. The number of halogens is 3. The van der Waals surface area contributed by atoms with E-state index in [0.29, 0.717) is 47.3 Å². The molecule has 0 saturated carbocycles. The third-order valence-electron chi connectivity index (χ3n) is 4.52. The molecule has 0 amide bonds. The minimum absolute atomic E-state index is 0.162. The summed E-state index contributed by atoms with van der Waals surface area (Å²) in [6, 6.07) is 13.8. The smallest absolute Gasteiger partial charge is 0.165 e. The summed E-state index contributed by atoms with van der Waals surface area (Å²) in [5.41, 5.74) is 2.40. The van der Waals surface area contributed by atoms with Gasteiger partial charge in [0.1, 0.15) is 11.6 Å². The van der Waals surface area contributed by atoms with Crippen LogP contribution >= 0.6 is 0 Å². The molecular weight excluding hydrogens is 361 g/mol. The lowest BCUT2D eigenvalue weighted by Crippen LogP contribution is -1.95. The van der Waals surface area contributed by atoms with Gasteiger partial charge in [0.15, 0.2) is 11.6 Å². The van der Waals surface area contributed by atoms with E-state index in [2.05, 4.69) is 6.58 Å². The molecule has 3 aromatic carbocycles. The van der Waals surface area contributed by atoms with Crippen LogP contribution in [0.1, 0.15) is 18.9 Å². The third-order valence-corrected chi connectivity index (χ3v) is 4.52. The van der Waals surface area contributed by atoms with Crippen LogP contribution in [-0.2, 0) is 6.42 Å². The van der Waals surface area contributed by atoms with Crippen LogP contribution in [0.5, 0.6) is 5.75 Å². The van der Waals surface area contributed by atoms with E-state index in [-0.39, 0.29) is 11.6 Å². The van der Waals surface area contributed by atoms with Gasteiger partial charge in [0.2, 0.25) is 0 Å². The number of hydrogen-bond acceptors (Lipinski definition) is 1. The van der Waals surface area contributed by atoms with Gasteiger partial charge in [0.25, 0.3) is 0 Å². The van der Waals surface area contributed by atoms with Crippen molar-refractivity contribution in [2.24, 2.45) is 0 Å². The zero-order chi connectivity index (χ0) is 20.1. The fourth-order valence-electron chi connectivity index (χ4n) is 3.06. The predicted molar refractivity (Wildman–Crippen MR) is 107 cm³/mol. The Balaban J connectivity index is 1.89. The lowest BCUT2D eigenvalue weighted by molar-refractivity contribution is 0.321. The molecule has 0 fully saturated rings. The first kappa shape index (κ1) is 19.7. The summed E-state index contributed by atoms with van der Waals surface area (Å²) in [6.45, 7) is 5.77. The van der Waals surface area contributed by atoms with Gasteiger partial charge in [-0.1, -0.05) is 36.4 Å². The Morgan fingerprint density at radius 1 is 0.821 bits per heavy atom. The first-order valence-electron chi connectivity index (χ1n) is 9.15. The van der Waals surface area contributed by atoms with Crippen LogP contribution in [0.2, 0.25) is 0 Å². The monoisotopic (exact) mass is 382 g/mol. The summed E-state index contributed by atoms with van der Waals surface area (Å²) in [6.07, 6.45) is 2.97. The molecule has 1 nitrogen and oxygen atoms in total. The fourth-order valence-corrected chi connectivity index (χ4v) is 3.06. The molecule has 0 aliphatic rings. The molecule has 0 bridgehead atoms. The van der Waals surface area contributed by atoms with E-state index in [9.17, 15) is 13.2 Å². The topological polar surface area (TPSA) is 9.23 Å². The van der Waals surface area contributed by atoms with Gasteiger partial charge in [-0.25, -0.2) is 13.2 Å². The molecule has 3 rings (SSSR count). The standard InChI is InChI=1S/C24H21F3O/c1-3-5-6-16-7-8-19(15-21(16)25)20-11-9-17(13-22(20)26)18-10-12-24(28-4-2)23(27)14-18/h3,7-15H,1,4-6H2,2H3. The number of rotatable bonds is 7. The van der Waals surface area contributed by atoms with E-state index in [1.807, 2.05) is 0 Å². The Hall–Kier alpha value is -3.01. The van der Waals surface area contributed by atoms with Crippen LogP contribution < -0.4 is 4.74 Å². The number of allylic oxidation sites excluding steroid dienone is 1. The van der Waals surface area contributed by atoms with Gasteiger partial charge in [-0.05, 0) is 66.3 Å². The Morgan fingerprint density at radius 2 is 1.46 bits per heavy atom. The van der Waals surface area contributed by atoms with Crippen molar-refractivity contribution in [2.45, 2.75) is 19.8 Å². The minimum atomic E-state index is -0.499. The summed E-state index contributed by atoms with van der Waals surface area (Å²) >= 11 is 0. The van der Waals surface area contributed by atoms with Crippen molar-refractivity contribution in [3.8, 4) is 28.0 Å². The highest BCUT2D eigenvalue weighted by atomic mass is 19.1. The molecular formula is C24H21F3O. The molecule has 0 heterocycles. The van der Waals surface area contributed by atoms with Crippen LogP contribution in [0.25, 0.3) is 22.3 Å². The summed E-state index contributed by atoms with van der Waals surface area (Å²) in [4.78, 5) is 0. The lowest BCUT2D eigenvalue weighted by atomic mass is 9.98. The van der Waals surface area contributed by atoms with Gasteiger partial charge in [-0.3, -0.25) is 0 Å². The second-order valence-corrected chi connectivity index (χ2v) is 6.41. The predicted octanol–water partition coefficient (Wildman–Crippen LogP) is 6.96. The SMILES string of the molecule is C=CCCc1ccc(-c2ccc(-c3ccc(OCC)c(F)c3)cc2F)cc1F. The molecule has 0 N–H and O–H groups in total. The highest BCUT2D eigenvalue weighted by molar-refractivity contribution is 5.71. The van der Waals surface area contributed by atoms with Crippen molar-refractivity contribution in [3.05, 3.63) is 90.3 Å². The average Bonchev–Trinajstić information content (AvgIpc) is 2.68. The number of aryl methyl sites for hydroxylation is 1. The van der Waals surface area contributed by atoms with Crippen LogP contribution in [0.4, 0.5) is 13.2 Å². The maximum absolute atomic E-state index is 14.7. The van der Waals surface area contributed by atoms with E-state index in [1.54, 1.807) is 43.3 Å². The normalized spacial score (nSPS) is 10.7. The number of ether oxygens (including phenoxy) is 1. The summed E-state index contributed by atoms with van der Waals surface area (Å²) in [5, 5.41) is 0. The molecule has 0 spiro atoms. The second kappa shape index (κ2) is 8.79. The van der Waals surface area contributed by atoms with Gasteiger partial charge >= 0.3 is 0 Å². The number of hydrogen-bond donors (Lipinski definition) is 0. The summed E-state index contributed by atoms with van der Waals surface area (Å²) in [5.74, 6) is -1.20. The maximum atomic E-state index is 14.7. The highest BCUT2D eigenvalue weighted by Gasteiger charge is 2.12. The minimum Gasteiger partial charge on any atom is -0.491 e. The average molecular weight is 382 g/mol. The Kier molecular flexibility index (Phi) is 6.19. The maximum Gasteiger partial charge on any atom is 0.165 e. The van der Waals surface area contributed by atoms with Gasteiger partial charge in [0.05, 0.1) is 6.61 Å². The molecule has 0 aliphatic carbocycles. The fraction of sp³-hybridized carbons (Fsp3) is 0.167. The van der Waals surface area contributed by atoms with Crippen molar-refractivity contribution in [1.82, 2.24) is 0 Å². The largest absolute Gasteiger partial charge is 0.491 e. The van der Waals surface area contributed by atoms with Gasteiger partial charge < -0.3 is 4.74 Å². The van der Waals surface area contributed by atoms with Crippen LogP contribution in [0, 0.1) is 17.5 Å². The van der Waals surface area contributed by atoms with Gasteiger partial charge in [-0.15, -0.1) is 6.58 Å². The van der Waals surface area contributed by atoms with Crippen molar-refractivity contribution in [1.29, 1.82) is 0 Å². The van der Waals surface area contributed by atoms with Crippen molar-refractivity contribution in [2.75, 3.05) is 6.61 Å². The third kappa shape index (κ3) is 4.28. The first-order chi connectivity index (χ1) is 13.5. The zero-order valence-electron chi connectivity index (χ0n) is 15.6. The zero-order valence-corrected chi connectivity index (χ0v) is 15.6. The molecule has 0 saturated heterocycles. The van der Waals surface area contributed by atoms with Crippen LogP contribution in [0.3, 0.4) is 0 Å². The Labute approximate surface area is 163 Å². The van der Waals surface area contributed by atoms with E-state index in [4.69, 9.17) is 4.74 Å². The Bertz CT molecular complexity index is 995. The molecule has 4 heteroatoms. The molecule has 28 heavy (non-hydrogen) atoms. The molecule has 0 unspecified atom stereocenters. The molecule has 0 radical (unpaired) electrons. The molecule has 0 atom stereocenters. The quantitative estimate of drug-likeness (QED) is 0.402. The molecule has 144 valence electrons. The van der Waals surface area contributed by atoms with E-state index >= 15 is 0 Å². The molecule has 0 aliphatic heterocycles. The van der Waals surface area contributed by atoms with Gasteiger partial charge in [-0.2, -0.15) is 0 Å². The summed E-state index contributed by atoms with van der Waals surface area (Å²) in [7, 11) is 0. The summed E-state index contributed by atoms with van der Waals surface area (Å²) < 4.78 is 48.2. The van der Waals surface area contributed by atoms with E-state index < -0.39 is 11.6 Å². The Morgan fingerprint density at radius 3 is 2.07 bits per heavy atom. The van der Waals surface area contributed by atoms with E-state index in [1.165, 1.54) is 24.3 Å². The van der Waals surface area contributed by atoms with Crippen LogP contribution in [-0.4, -0.2) is 6.61 Å². The van der Waals surface area contributed by atoms with Crippen molar-refractivity contribution < 1.29 is 17.9 Å². The lowest BCUT2D eigenvalue weighted by Gasteiger charge is -2.10. The highest BCUT2D eigenvalue weighted by Crippen LogP contribution is 2.31.